The molecule has 1 nitrogen and oxygen atoms in total. The molecule has 0 aromatic carbocycles. The molecule has 0 aromatic rings. The molecule has 0 radical (unpaired) electrons. The van der Waals surface area contributed by atoms with Crippen LogP contribution in [0.2, 0.25) is 0 Å². The van der Waals surface area contributed by atoms with Crippen LogP contribution in [-0.4, -0.2) is 24.5 Å². The first-order valence-electron chi connectivity index (χ1n) is 6.11. The zero-order valence-electron chi connectivity index (χ0n) is 11.1. The number of hydrogen-bond donors (Lipinski definition) is 0. The van der Waals surface area contributed by atoms with Crippen molar-refractivity contribution in [1.29, 1.82) is 0 Å². The summed E-state index contributed by atoms with van der Waals surface area (Å²) in [5.41, 5.74) is 0.489. The third-order valence-electron chi connectivity index (χ3n) is 2.79. The number of nitrogens with zero attached hydrogens (tertiary/aromatic N) is 1. The molecular weight excluding hydrogens is 170 g/mol. The van der Waals surface area contributed by atoms with Crippen molar-refractivity contribution < 1.29 is 0 Å². The summed E-state index contributed by atoms with van der Waals surface area (Å²) in [6.07, 6.45) is 2.69. The van der Waals surface area contributed by atoms with Crippen molar-refractivity contribution >= 4 is 0 Å². The molecule has 0 bridgehead atoms. The van der Waals surface area contributed by atoms with Crippen molar-refractivity contribution in [2.75, 3.05) is 19.6 Å². The molecule has 1 atom stereocenters. The summed E-state index contributed by atoms with van der Waals surface area (Å²) in [5, 5.41) is 0. The van der Waals surface area contributed by atoms with Crippen LogP contribution in [-0.2, 0) is 0 Å². The van der Waals surface area contributed by atoms with E-state index in [0.717, 1.165) is 5.92 Å². The zero-order valence-corrected chi connectivity index (χ0v) is 11.1. The maximum atomic E-state index is 2.51. The van der Waals surface area contributed by atoms with Gasteiger partial charge in [-0.2, -0.15) is 0 Å². The SMILES string of the molecule is CCN(CC)CCC(C)CC(C)(C)C. The predicted octanol–water partition coefficient (Wildman–Crippen LogP) is 3.79. The van der Waals surface area contributed by atoms with Crippen LogP contribution in [0.1, 0.15) is 54.4 Å². The lowest BCUT2D eigenvalue weighted by Crippen LogP contribution is -2.26. The Morgan fingerprint density at radius 3 is 1.93 bits per heavy atom. The molecule has 14 heavy (non-hydrogen) atoms. The minimum atomic E-state index is 0.489. The Hall–Kier alpha value is -0.0400. The maximum Gasteiger partial charge on any atom is -0.00164 e. The normalized spacial score (nSPS) is 14.8. The van der Waals surface area contributed by atoms with Crippen molar-refractivity contribution in [2.24, 2.45) is 11.3 Å². The van der Waals surface area contributed by atoms with Gasteiger partial charge in [-0.3, -0.25) is 0 Å². The fourth-order valence-corrected chi connectivity index (χ4v) is 2.09. The molecule has 0 heterocycles. The molecule has 0 amide bonds. The van der Waals surface area contributed by atoms with Crippen molar-refractivity contribution in [1.82, 2.24) is 4.90 Å². The van der Waals surface area contributed by atoms with Gasteiger partial charge in [0.25, 0.3) is 0 Å². The van der Waals surface area contributed by atoms with Gasteiger partial charge in [-0.05, 0) is 43.8 Å². The molecule has 0 rings (SSSR count). The van der Waals surface area contributed by atoms with Crippen molar-refractivity contribution in [3.05, 3.63) is 0 Å². The second-order valence-electron chi connectivity index (χ2n) is 5.69. The van der Waals surface area contributed by atoms with Gasteiger partial charge in [0.2, 0.25) is 0 Å². The van der Waals surface area contributed by atoms with E-state index in [1.165, 1.54) is 32.5 Å². The lowest BCUT2D eigenvalue weighted by Gasteiger charge is -2.25. The van der Waals surface area contributed by atoms with E-state index in [4.69, 9.17) is 0 Å². The van der Waals surface area contributed by atoms with Crippen molar-refractivity contribution in [2.45, 2.75) is 54.4 Å². The molecule has 0 saturated heterocycles. The fraction of sp³-hybridized carbons (Fsp3) is 1.00. The van der Waals surface area contributed by atoms with Crippen LogP contribution >= 0.6 is 0 Å². The standard InChI is InChI=1S/C13H29N/c1-7-14(8-2)10-9-12(3)11-13(4,5)6/h12H,7-11H2,1-6H3. The molecule has 0 aliphatic heterocycles. The molecule has 0 saturated carbocycles. The van der Waals surface area contributed by atoms with E-state index in [9.17, 15) is 0 Å². The van der Waals surface area contributed by atoms with Gasteiger partial charge in [-0.25, -0.2) is 0 Å². The monoisotopic (exact) mass is 199 g/mol. The summed E-state index contributed by atoms with van der Waals surface area (Å²) in [5.74, 6) is 0.857. The predicted molar refractivity (Wildman–Crippen MR) is 65.6 cm³/mol. The van der Waals surface area contributed by atoms with Gasteiger partial charge in [0.1, 0.15) is 0 Å². The molecule has 0 aliphatic carbocycles. The Bertz CT molecular complexity index is 131. The highest BCUT2D eigenvalue weighted by molar-refractivity contribution is 4.67. The minimum Gasteiger partial charge on any atom is -0.304 e. The van der Waals surface area contributed by atoms with Crippen molar-refractivity contribution in [3.8, 4) is 0 Å². The average Bonchev–Trinajstić information content (AvgIpc) is 2.03. The summed E-state index contributed by atoms with van der Waals surface area (Å²) in [4.78, 5) is 2.51. The number of hydrogen-bond acceptors (Lipinski definition) is 1. The molecule has 86 valence electrons. The third-order valence-corrected chi connectivity index (χ3v) is 2.79. The zero-order chi connectivity index (χ0) is 11.2. The van der Waals surface area contributed by atoms with Crippen molar-refractivity contribution in [3.63, 3.8) is 0 Å². The molecule has 1 unspecified atom stereocenters. The second-order valence-corrected chi connectivity index (χ2v) is 5.69. The van der Waals surface area contributed by atoms with Crippen LogP contribution in [0.25, 0.3) is 0 Å². The number of rotatable bonds is 6. The van der Waals surface area contributed by atoms with Gasteiger partial charge < -0.3 is 4.90 Å². The largest absolute Gasteiger partial charge is 0.304 e. The summed E-state index contributed by atoms with van der Waals surface area (Å²) in [7, 11) is 0. The van der Waals surface area contributed by atoms with Crippen LogP contribution < -0.4 is 0 Å². The van der Waals surface area contributed by atoms with E-state index >= 15 is 0 Å². The van der Waals surface area contributed by atoms with E-state index in [-0.39, 0.29) is 0 Å². The Balaban J connectivity index is 3.67. The Morgan fingerprint density at radius 2 is 1.57 bits per heavy atom. The van der Waals surface area contributed by atoms with Gasteiger partial charge in [0.05, 0.1) is 0 Å². The summed E-state index contributed by atoms with van der Waals surface area (Å²) < 4.78 is 0. The van der Waals surface area contributed by atoms with Crippen LogP contribution in [0.3, 0.4) is 0 Å². The fourth-order valence-electron chi connectivity index (χ4n) is 2.09. The van der Waals surface area contributed by atoms with Gasteiger partial charge >= 0.3 is 0 Å². The highest BCUT2D eigenvalue weighted by Crippen LogP contribution is 2.25. The van der Waals surface area contributed by atoms with Crippen LogP contribution in [0.4, 0.5) is 0 Å². The molecule has 1 heteroatoms. The first kappa shape index (κ1) is 14.0. The molecule has 0 aromatic heterocycles. The molecular formula is C13H29N. The summed E-state index contributed by atoms with van der Waals surface area (Å²) >= 11 is 0. The molecule has 0 N–H and O–H groups in total. The first-order valence-corrected chi connectivity index (χ1v) is 6.11. The summed E-state index contributed by atoms with van der Waals surface area (Å²) in [6, 6.07) is 0. The lowest BCUT2D eigenvalue weighted by atomic mass is 9.84. The molecule has 0 spiro atoms. The van der Waals surface area contributed by atoms with E-state index in [1.807, 2.05) is 0 Å². The Labute approximate surface area is 90.9 Å². The summed E-state index contributed by atoms with van der Waals surface area (Å²) in [6.45, 7) is 17.5. The van der Waals surface area contributed by atoms with Gasteiger partial charge in [0.15, 0.2) is 0 Å². The van der Waals surface area contributed by atoms with Gasteiger partial charge in [0, 0.05) is 0 Å². The van der Waals surface area contributed by atoms with Crippen LogP contribution in [0.15, 0.2) is 0 Å². The Morgan fingerprint density at radius 1 is 1.07 bits per heavy atom. The second kappa shape index (κ2) is 6.44. The van der Waals surface area contributed by atoms with E-state index in [1.54, 1.807) is 0 Å². The van der Waals surface area contributed by atoms with Crippen LogP contribution in [0.5, 0.6) is 0 Å². The lowest BCUT2D eigenvalue weighted by molar-refractivity contribution is 0.243. The van der Waals surface area contributed by atoms with E-state index < -0.39 is 0 Å². The first-order chi connectivity index (χ1) is 6.39. The quantitative estimate of drug-likeness (QED) is 0.629. The van der Waals surface area contributed by atoms with E-state index in [2.05, 4.69) is 46.4 Å². The molecule has 0 fully saturated rings. The van der Waals surface area contributed by atoms with Gasteiger partial charge in [-0.1, -0.05) is 41.5 Å². The molecule has 0 aliphatic rings. The van der Waals surface area contributed by atoms with Gasteiger partial charge in [-0.15, -0.1) is 0 Å². The third kappa shape index (κ3) is 7.37. The average molecular weight is 199 g/mol. The van der Waals surface area contributed by atoms with E-state index in [0.29, 0.717) is 5.41 Å². The topological polar surface area (TPSA) is 3.24 Å². The highest BCUT2D eigenvalue weighted by Gasteiger charge is 2.15. The highest BCUT2D eigenvalue weighted by atomic mass is 15.1. The van der Waals surface area contributed by atoms with Crippen LogP contribution in [0, 0.1) is 11.3 Å². The smallest absolute Gasteiger partial charge is 0.00164 e. The minimum absolute atomic E-state index is 0.489. The maximum absolute atomic E-state index is 2.51. The Kier molecular flexibility index (Phi) is 6.43.